The molecule has 0 saturated carbocycles. The number of carbonyl (C=O) groups excluding carboxylic acids is 8. The van der Waals surface area contributed by atoms with Gasteiger partial charge in [0.15, 0.2) is 0 Å². The normalized spacial score (nSPS) is 14.5. The maximum absolute atomic E-state index is 12.9. The predicted molar refractivity (Wildman–Crippen MR) is 117 cm³/mol. The molecule has 0 saturated heterocycles. The van der Waals surface area contributed by atoms with Crippen LogP contribution >= 0.6 is 0 Å². The lowest BCUT2D eigenvalue weighted by molar-refractivity contribution is -0.306. The fourth-order valence-electron chi connectivity index (χ4n) is 3.00. The minimum atomic E-state index is -0.977. The lowest BCUT2D eigenvalue weighted by Crippen LogP contribution is -2.45. The zero-order valence-corrected chi connectivity index (χ0v) is 19.8. The van der Waals surface area contributed by atoms with Crippen LogP contribution in [-0.2, 0) is 48.0 Å². The molecular formula is C22H26N4O10. The largest absolute Gasteiger partial charge is 0.339 e. The molecule has 14 heteroatoms. The van der Waals surface area contributed by atoms with Gasteiger partial charge in [-0.05, 0) is 0 Å². The van der Waals surface area contributed by atoms with Gasteiger partial charge in [-0.2, -0.15) is 0 Å². The van der Waals surface area contributed by atoms with E-state index in [4.69, 9.17) is 9.68 Å². The van der Waals surface area contributed by atoms with Gasteiger partial charge in [-0.1, -0.05) is 13.8 Å². The Morgan fingerprint density at radius 1 is 0.667 bits per heavy atom. The van der Waals surface area contributed by atoms with Gasteiger partial charge < -0.3 is 14.6 Å². The molecule has 0 N–H and O–H groups in total. The van der Waals surface area contributed by atoms with Crippen molar-refractivity contribution in [3.63, 3.8) is 0 Å². The summed E-state index contributed by atoms with van der Waals surface area (Å²) in [5, 5.41) is 0.135. The van der Waals surface area contributed by atoms with Crippen molar-refractivity contribution in [3.8, 4) is 0 Å². The van der Waals surface area contributed by atoms with E-state index < -0.39 is 60.2 Å². The van der Waals surface area contributed by atoms with Gasteiger partial charge in [0.25, 0.3) is 29.5 Å². The highest BCUT2D eigenvalue weighted by atomic mass is 17.0. The number of imide groups is 2. The molecule has 6 amide bonds. The van der Waals surface area contributed by atoms with Crippen LogP contribution in [0.25, 0.3) is 0 Å². The average Bonchev–Trinajstić information content (AvgIpc) is 3.35. The van der Waals surface area contributed by atoms with Crippen LogP contribution < -0.4 is 0 Å². The summed E-state index contributed by atoms with van der Waals surface area (Å²) in [6.07, 6.45) is 3.19. The minimum absolute atomic E-state index is 0.105. The van der Waals surface area contributed by atoms with Crippen molar-refractivity contribution in [1.29, 1.82) is 0 Å². The molecule has 0 atom stereocenters. The molecule has 0 spiro atoms. The predicted octanol–water partition coefficient (Wildman–Crippen LogP) is -0.990. The Morgan fingerprint density at radius 3 is 1.39 bits per heavy atom. The first kappa shape index (κ1) is 27.9. The number of amides is 6. The standard InChI is InChI=1S/C22H26N4O10/c1-3-21(33)35-26(36-22(34)4-2)20(32)10-5-15(27)23(11-13-24-16(28)6-7-17(24)29)12-14-25-18(30)8-9-19(25)31/h6-9H,3-5,10-14H2,1-2H3. The lowest BCUT2D eigenvalue weighted by Gasteiger charge is -2.27. The van der Waals surface area contributed by atoms with Gasteiger partial charge >= 0.3 is 11.9 Å². The maximum atomic E-state index is 12.9. The molecule has 0 unspecified atom stereocenters. The van der Waals surface area contributed by atoms with E-state index in [-0.39, 0.29) is 44.2 Å². The summed E-state index contributed by atoms with van der Waals surface area (Å²) in [5.41, 5.74) is 0. The summed E-state index contributed by atoms with van der Waals surface area (Å²) in [7, 11) is 0. The van der Waals surface area contributed by atoms with Crippen LogP contribution in [0.15, 0.2) is 24.3 Å². The van der Waals surface area contributed by atoms with Crippen molar-refractivity contribution in [2.24, 2.45) is 0 Å². The molecule has 2 heterocycles. The Morgan fingerprint density at radius 2 is 1.03 bits per heavy atom. The van der Waals surface area contributed by atoms with Crippen LogP contribution in [0.4, 0.5) is 0 Å². The van der Waals surface area contributed by atoms with Gasteiger partial charge in [-0.25, -0.2) is 9.59 Å². The Labute approximate surface area is 205 Å². The summed E-state index contributed by atoms with van der Waals surface area (Å²) in [6, 6.07) is 0. The van der Waals surface area contributed by atoms with Crippen LogP contribution in [0, 0.1) is 0 Å². The molecule has 2 aliphatic heterocycles. The molecule has 194 valence electrons. The van der Waals surface area contributed by atoms with Crippen molar-refractivity contribution in [2.45, 2.75) is 39.5 Å². The first-order chi connectivity index (χ1) is 17.1. The van der Waals surface area contributed by atoms with Crippen LogP contribution in [0.5, 0.6) is 0 Å². The smallest absolute Gasteiger partial charge is 0.336 e. The lowest BCUT2D eigenvalue weighted by atomic mass is 10.2. The van der Waals surface area contributed by atoms with Crippen molar-refractivity contribution >= 4 is 47.4 Å². The minimum Gasteiger partial charge on any atom is -0.339 e. The second-order valence-corrected chi connectivity index (χ2v) is 7.49. The van der Waals surface area contributed by atoms with E-state index in [0.29, 0.717) is 0 Å². The molecule has 0 fully saturated rings. The van der Waals surface area contributed by atoms with E-state index in [1.54, 1.807) is 0 Å². The molecule has 0 radical (unpaired) electrons. The van der Waals surface area contributed by atoms with E-state index in [1.165, 1.54) is 18.7 Å². The first-order valence-electron chi connectivity index (χ1n) is 11.2. The average molecular weight is 506 g/mol. The van der Waals surface area contributed by atoms with Gasteiger partial charge in [0, 0.05) is 81.4 Å². The Kier molecular flexibility index (Phi) is 10.0. The summed E-state index contributed by atoms with van der Waals surface area (Å²) in [4.78, 5) is 108. The molecule has 0 aliphatic carbocycles. The zero-order valence-electron chi connectivity index (χ0n) is 19.8. The molecule has 14 nitrogen and oxygen atoms in total. The van der Waals surface area contributed by atoms with Crippen molar-refractivity contribution in [2.75, 3.05) is 26.2 Å². The second kappa shape index (κ2) is 12.9. The summed E-state index contributed by atoms with van der Waals surface area (Å²) in [6.45, 7) is 2.36. The summed E-state index contributed by atoms with van der Waals surface area (Å²) < 4.78 is 0. The van der Waals surface area contributed by atoms with E-state index in [2.05, 4.69) is 0 Å². The van der Waals surface area contributed by atoms with Gasteiger partial charge in [-0.15, -0.1) is 0 Å². The highest BCUT2D eigenvalue weighted by molar-refractivity contribution is 6.13. The van der Waals surface area contributed by atoms with Crippen molar-refractivity contribution in [1.82, 2.24) is 19.9 Å². The molecule has 2 aliphatic rings. The van der Waals surface area contributed by atoms with Gasteiger partial charge in [-0.3, -0.25) is 38.6 Å². The van der Waals surface area contributed by atoms with Crippen LogP contribution in [0.1, 0.15) is 39.5 Å². The van der Waals surface area contributed by atoms with Crippen LogP contribution in [0.3, 0.4) is 0 Å². The van der Waals surface area contributed by atoms with E-state index in [1.807, 2.05) is 0 Å². The molecule has 0 aromatic heterocycles. The molecule has 2 rings (SSSR count). The fourth-order valence-corrected chi connectivity index (χ4v) is 3.00. The number of carbonyl (C=O) groups is 8. The summed E-state index contributed by atoms with van der Waals surface area (Å²) in [5.74, 6) is -5.50. The Hall–Kier alpha value is -4.36. The third kappa shape index (κ3) is 7.58. The van der Waals surface area contributed by atoms with Crippen molar-refractivity contribution in [3.05, 3.63) is 24.3 Å². The first-order valence-corrected chi connectivity index (χ1v) is 11.2. The number of hydrogen-bond donors (Lipinski definition) is 0. The number of rotatable bonds is 11. The van der Waals surface area contributed by atoms with E-state index in [9.17, 15) is 38.4 Å². The maximum Gasteiger partial charge on any atom is 0.336 e. The summed E-state index contributed by atoms with van der Waals surface area (Å²) >= 11 is 0. The second-order valence-electron chi connectivity index (χ2n) is 7.49. The number of nitrogens with zero attached hydrogens (tertiary/aromatic N) is 4. The van der Waals surface area contributed by atoms with Gasteiger partial charge in [0.1, 0.15) is 0 Å². The van der Waals surface area contributed by atoms with E-state index in [0.717, 1.165) is 34.1 Å². The molecular weight excluding hydrogens is 480 g/mol. The molecule has 0 aromatic carbocycles. The molecule has 36 heavy (non-hydrogen) atoms. The number of hydrogen-bond acceptors (Lipinski definition) is 10. The third-order valence-corrected chi connectivity index (χ3v) is 5.04. The monoisotopic (exact) mass is 506 g/mol. The van der Waals surface area contributed by atoms with Gasteiger partial charge in [0.05, 0.1) is 0 Å². The third-order valence-electron chi connectivity index (χ3n) is 5.04. The Balaban J connectivity index is 2.03. The SMILES string of the molecule is CCC(=O)ON(OC(=O)CC)C(=O)CCC(=O)N(CCN1C(=O)C=CC1=O)CCN1C(=O)C=CC1=O. The van der Waals surface area contributed by atoms with Crippen LogP contribution in [0.2, 0.25) is 0 Å². The molecule has 0 bridgehead atoms. The van der Waals surface area contributed by atoms with Gasteiger partial charge in [0.2, 0.25) is 5.91 Å². The quantitative estimate of drug-likeness (QED) is 0.251. The topological polar surface area (TPSA) is 168 Å². The van der Waals surface area contributed by atoms with Crippen LogP contribution in [-0.4, -0.2) is 93.5 Å². The van der Waals surface area contributed by atoms with E-state index >= 15 is 0 Å². The highest BCUT2D eigenvalue weighted by Crippen LogP contribution is 2.10. The zero-order chi connectivity index (χ0) is 26.8. The van der Waals surface area contributed by atoms with Crippen molar-refractivity contribution < 1.29 is 48.0 Å². The highest BCUT2D eigenvalue weighted by Gasteiger charge is 2.29. The fraction of sp³-hybridized carbons (Fsp3) is 0.455. The number of hydroxylamine groups is 2. The molecule has 0 aromatic rings. The Bertz CT molecular complexity index is 918.